The molecule has 0 amide bonds. The van der Waals surface area contributed by atoms with Crippen LogP contribution in [-0.2, 0) is 6.61 Å². The largest absolute Gasteiger partial charge is 0.496 e. The van der Waals surface area contributed by atoms with Gasteiger partial charge in [0.15, 0.2) is 5.76 Å². The van der Waals surface area contributed by atoms with Gasteiger partial charge in [0.2, 0.25) is 5.78 Å². The van der Waals surface area contributed by atoms with E-state index in [1.54, 1.807) is 43.5 Å². The average Bonchev–Trinajstić information content (AvgIpc) is 3.06. The van der Waals surface area contributed by atoms with Crippen molar-refractivity contribution in [2.45, 2.75) is 13.5 Å². The zero-order chi connectivity index (χ0) is 21.3. The highest BCUT2D eigenvalue weighted by Crippen LogP contribution is 2.40. The smallest absolute Gasteiger partial charge is 0.231 e. The first-order valence-electron chi connectivity index (χ1n) is 9.26. The third kappa shape index (κ3) is 3.76. The molecule has 0 spiro atoms. The summed E-state index contributed by atoms with van der Waals surface area (Å²) in [4.78, 5) is 12.8. The van der Waals surface area contributed by atoms with Gasteiger partial charge in [0, 0.05) is 26.7 Å². The number of ether oxygens (including phenoxy) is 3. The number of halogens is 2. The van der Waals surface area contributed by atoms with E-state index in [0.717, 1.165) is 11.1 Å². The fourth-order valence-electron chi connectivity index (χ4n) is 3.27. The first kappa shape index (κ1) is 20.3. The lowest BCUT2D eigenvalue weighted by atomic mass is 10.1. The number of methoxy groups -OCH3 is 1. The maximum Gasteiger partial charge on any atom is 0.231 e. The predicted octanol–water partition coefficient (Wildman–Crippen LogP) is 6.51. The molecule has 1 heterocycles. The first-order valence-corrected chi connectivity index (χ1v) is 10.0. The van der Waals surface area contributed by atoms with Gasteiger partial charge < -0.3 is 14.2 Å². The molecule has 0 radical (unpaired) electrons. The lowest BCUT2D eigenvalue weighted by Gasteiger charge is -2.13. The van der Waals surface area contributed by atoms with E-state index in [-0.39, 0.29) is 18.1 Å². The van der Waals surface area contributed by atoms with Crippen molar-refractivity contribution in [1.29, 1.82) is 0 Å². The average molecular weight is 441 g/mol. The van der Waals surface area contributed by atoms with Crippen LogP contribution in [0.2, 0.25) is 10.0 Å². The van der Waals surface area contributed by atoms with E-state index >= 15 is 0 Å². The van der Waals surface area contributed by atoms with Crippen molar-refractivity contribution in [3.8, 4) is 17.2 Å². The van der Waals surface area contributed by atoms with Crippen LogP contribution in [0.5, 0.6) is 17.2 Å². The van der Waals surface area contributed by atoms with Crippen molar-refractivity contribution in [2.24, 2.45) is 0 Å². The monoisotopic (exact) mass is 440 g/mol. The minimum absolute atomic E-state index is 0.181. The molecule has 0 N–H and O–H groups in total. The highest BCUT2D eigenvalue weighted by Gasteiger charge is 2.30. The molecule has 4 rings (SSSR count). The van der Waals surface area contributed by atoms with E-state index in [4.69, 9.17) is 37.4 Å². The van der Waals surface area contributed by atoms with E-state index in [1.165, 1.54) is 0 Å². The van der Waals surface area contributed by atoms with Crippen LogP contribution in [0.4, 0.5) is 0 Å². The van der Waals surface area contributed by atoms with Crippen molar-refractivity contribution >= 4 is 35.1 Å². The number of hydrogen-bond donors (Lipinski definition) is 0. The molecule has 6 heteroatoms. The van der Waals surface area contributed by atoms with Crippen LogP contribution in [-0.4, -0.2) is 12.9 Å². The van der Waals surface area contributed by atoms with Crippen molar-refractivity contribution in [1.82, 2.24) is 0 Å². The van der Waals surface area contributed by atoms with Crippen molar-refractivity contribution in [3.63, 3.8) is 0 Å². The number of carbonyl (C=O) groups is 1. The fraction of sp³-hybridized carbons (Fsp3) is 0.125. The molecule has 0 aliphatic carbocycles. The Labute approximate surface area is 184 Å². The van der Waals surface area contributed by atoms with Crippen LogP contribution >= 0.6 is 23.2 Å². The summed E-state index contributed by atoms with van der Waals surface area (Å²) in [6, 6.07) is 16.2. The van der Waals surface area contributed by atoms with Crippen molar-refractivity contribution < 1.29 is 19.0 Å². The number of benzene rings is 3. The van der Waals surface area contributed by atoms with Gasteiger partial charge in [0.25, 0.3) is 0 Å². The Balaban J connectivity index is 1.61. The summed E-state index contributed by atoms with van der Waals surface area (Å²) in [5.74, 6) is 1.80. The van der Waals surface area contributed by atoms with Gasteiger partial charge in [-0.15, -0.1) is 0 Å². The van der Waals surface area contributed by atoms with Gasteiger partial charge in [-0.05, 0) is 43.3 Å². The molecule has 0 bridgehead atoms. The summed E-state index contributed by atoms with van der Waals surface area (Å²) in [5, 5.41) is 1.07. The van der Waals surface area contributed by atoms with Gasteiger partial charge in [-0.25, -0.2) is 0 Å². The summed E-state index contributed by atoms with van der Waals surface area (Å²) in [6.07, 6.45) is 1.69. The van der Waals surface area contributed by atoms with Crippen molar-refractivity contribution in [3.05, 3.63) is 92.7 Å². The summed E-state index contributed by atoms with van der Waals surface area (Å²) in [7, 11) is 1.59. The van der Waals surface area contributed by atoms with Crippen LogP contribution in [0.25, 0.3) is 6.08 Å². The molecule has 3 aromatic carbocycles. The zero-order valence-electron chi connectivity index (χ0n) is 16.4. The lowest BCUT2D eigenvalue weighted by molar-refractivity contribution is 0.101. The zero-order valence-corrected chi connectivity index (χ0v) is 17.9. The molecule has 0 saturated carbocycles. The number of Topliss-reactive ketones (excluding diaryl/α,β-unsaturated/α-hetero) is 1. The first-order chi connectivity index (χ1) is 14.5. The van der Waals surface area contributed by atoms with E-state index in [2.05, 4.69) is 0 Å². The standard InChI is InChI=1S/C24H18Cl2O4/c1-14-20(29-13-17-18(25)7-5-8-19(17)26)11-10-16-23(27)22(30-24(14)16)12-15-6-3-4-9-21(15)28-2/h3-12H,13H2,1-2H3/b22-12-. The van der Waals surface area contributed by atoms with Gasteiger partial charge in [-0.1, -0.05) is 47.5 Å². The Morgan fingerprint density at radius 1 is 0.967 bits per heavy atom. The minimum Gasteiger partial charge on any atom is -0.496 e. The van der Waals surface area contributed by atoms with Gasteiger partial charge in [0.05, 0.1) is 12.7 Å². The third-order valence-electron chi connectivity index (χ3n) is 4.90. The Morgan fingerprint density at radius 3 is 2.43 bits per heavy atom. The topological polar surface area (TPSA) is 44.8 Å². The molecule has 152 valence electrons. The molecule has 1 aliphatic heterocycles. The van der Waals surface area contributed by atoms with Crippen LogP contribution in [0.15, 0.2) is 60.4 Å². The fourth-order valence-corrected chi connectivity index (χ4v) is 3.78. The molecular weight excluding hydrogens is 423 g/mol. The van der Waals surface area contributed by atoms with E-state index in [9.17, 15) is 4.79 Å². The minimum atomic E-state index is -0.181. The quantitative estimate of drug-likeness (QED) is 0.424. The molecule has 0 saturated heterocycles. The summed E-state index contributed by atoms with van der Waals surface area (Å²) >= 11 is 12.4. The molecule has 1 aliphatic rings. The Bertz CT molecular complexity index is 1150. The predicted molar refractivity (Wildman–Crippen MR) is 118 cm³/mol. The Hall–Kier alpha value is -2.95. The van der Waals surface area contributed by atoms with E-state index < -0.39 is 0 Å². The third-order valence-corrected chi connectivity index (χ3v) is 5.60. The number of fused-ring (bicyclic) bond motifs is 1. The van der Waals surface area contributed by atoms with Gasteiger partial charge in [-0.2, -0.15) is 0 Å². The molecule has 0 unspecified atom stereocenters. The van der Waals surface area contributed by atoms with Gasteiger partial charge in [0.1, 0.15) is 23.9 Å². The summed E-state index contributed by atoms with van der Waals surface area (Å²) < 4.78 is 17.2. The van der Waals surface area contributed by atoms with Gasteiger partial charge >= 0.3 is 0 Å². The van der Waals surface area contributed by atoms with E-state index in [0.29, 0.717) is 38.4 Å². The molecule has 0 atom stereocenters. The van der Waals surface area contributed by atoms with Crippen LogP contribution in [0.1, 0.15) is 27.0 Å². The normalized spacial score (nSPS) is 13.9. The van der Waals surface area contributed by atoms with Crippen LogP contribution in [0, 0.1) is 6.92 Å². The van der Waals surface area contributed by atoms with Gasteiger partial charge in [-0.3, -0.25) is 4.79 Å². The number of para-hydroxylation sites is 1. The second-order valence-corrected chi connectivity index (χ2v) is 7.55. The summed E-state index contributed by atoms with van der Waals surface area (Å²) in [5.41, 5.74) is 2.69. The second-order valence-electron chi connectivity index (χ2n) is 6.74. The molecule has 3 aromatic rings. The second kappa shape index (κ2) is 8.42. The molecule has 0 fully saturated rings. The van der Waals surface area contributed by atoms with Crippen LogP contribution in [0.3, 0.4) is 0 Å². The number of allylic oxidation sites excluding steroid dienone is 1. The maximum atomic E-state index is 12.8. The number of hydrogen-bond acceptors (Lipinski definition) is 4. The Kier molecular flexibility index (Phi) is 5.71. The molecule has 0 aromatic heterocycles. The molecule has 30 heavy (non-hydrogen) atoms. The number of ketones is 1. The highest BCUT2D eigenvalue weighted by molar-refractivity contribution is 6.35. The van der Waals surface area contributed by atoms with Crippen LogP contribution < -0.4 is 14.2 Å². The maximum absolute atomic E-state index is 12.8. The van der Waals surface area contributed by atoms with Crippen molar-refractivity contribution in [2.75, 3.05) is 7.11 Å². The molecule has 4 nitrogen and oxygen atoms in total. The molecular formula is C24H18Cl2O4. The number of carbonyl (C=O) groups excluding carboxylic acids is 1. The highest BCUT2D eigenvalue weighted by atomic mass is 35.5. The lowest BCUT2D eigenvalue weighted by Crippen LogP contribution is -2.00. The number of rotatable bonds is 5. The summed E-state index contributed by atoms with van der Waals surface area (Å²) in [6.45, 7) is 2.05. The Morgan fingerprint density at radius 2 is 1.70 bits per heavy atom. The SMILES string of the molecule is COc1ccccc1/C=C1\Oc2c(ccc(OCc3c(Cl)cccc3Cl)c2C)C1=O. The van der Waals surface area contributed by atoms with E-state index in [1.807, 2.05) is 31.2 Å².